The van der Waals surface area contributed by atoms with Gasteiger partial charge in [-0.25, -0.2) is 0 Å². The maximum Gasteiger partial charge on any atom is 0.242 e. The first-order valence-electron chi connectivity index (χ1n) is 5.45. The van der Waals surface area contributed by atoms with Gasteiger partial charge in [-0.3, -0.25) is 4.79 Å². The lowest BCUT2D eigenvalue weighted by Crippen LogP contribution is -2.31. The number of fused-ring (bicyclic) bond motifs is 1. The van der Waals surface area contributed by atoms with Crippen molar-refractivity contribution in [2.24, 2.45) is 0 Å². The number of pyridine rings is 1. The van der Waals surface area contributed by atoms with Crippen LogP contribution in [0.1, 0.15) is 6.92 Å². The Hall–Kier alpha value is -1.71. The lowest BCUT2D eigenvalue weighted by molar-refractivity contribution is 1.21. The Kier molecular flexibility index (Phi) is 2.99. The van der Waals surface area contributed by atoms with Crippen molar-refractivity contribution >= 4 is 29.3 Å². The molecule has 0 aliphatic carbocycles. The molecule has 2 N–H and O–H groups in total. The Morgan fingerprint density at radius 2 is 2.19 bits per heavy atom. The molecule has 2 aromatic rings. The van der Waals surface area contributed by atoms with Gasteiger partial charge in [0.05, 0.1) is 5.52 Å². The van der Waals surface area contributed by atoms with Crippen molar-refractivity contribution in [2.75, 3.05) is 11.9 Å². The quantitative estimate of drug-likeness (QED) is 0.755. The third-order valence-electron chi connectivity index (χ3n) is 2.57. The Bertz CT molecular complexity index is 562. The first kappa shape index (κ1) is 10.8. The van der Waals surface area contributed by atoms with Crippen LogP contribution >= 0.6 is 0 Å². The molecule has 0 fully saturated rings. The van der Waals surface area contributed by atoms with E-state index in [9.17, 15) is 4.79 Å². The molecule has 4 heteroatoms. The highest BCUT2D eigenvalue weighted by molar-refractivity contribution is 6.52. The lowest BCUT2D eigenvalue weighted by Gasteiger charge is -2.05. The SMILES string of the molecule is C[B]c1cc2ccc(NCC)cc2[nH]c1=O. The van der Waals surface area contributed by atoms with Crippen LogP contribution in [-0.4, -0.2) is 18.8 Å². The molecule has 0 bridgehead atoms. The van der Waals surface area contributed by atoms with Crippen molar-refractivity contribution in [3.8, 4) is 0 Å². The van der Waals surface area contributed by atoms with Gasteiger partial charge in [0.15, 0.2) is 7.28 Å². The van der Waals surface area contributed by atoms with Crippen LogP contribution < -0.4 is 16.3 Å². The van der Waals surface area contributed by atoms with Gasteiger partial charge in [0.25, 0.3) is 0 Å². The molecule has 1 heterocycles. The molecule has 0 aliphatic rings. The minimum absolute atomic E-state index is 0.0383. The molecule has 2 rings (SSSR count). The van der Waals surface area contributed by atoms with E-state index in [1.165, 1.54) is 0 Å². The minimum atomic E-state index is -0.0383. The van der Waals surface area contributed by atoms with E-state index >= 15 is 0 Å². The van der Waals surface area contributed by atoms with Gasteiger partial charge in [-0.2, -0.15) is 0 Å². The minimum Gasteiger partial charge on any atom is -0.385 e. The monoisotopic (exact) mass is 213 g/mol. The summed E-state index contributed by atoms with van der Waals surface area (Å²) in [5, 5.41) is 4.27. The number of hydrogen-bond acceptors (Lipinski definition) is 2. The highest BCUT2D eigenvalue weighted by Gasteiger charge is 2.01. The number of hydrogen-bond donors (Lipinski definition) is 2. The fourth-order valence-electron chi connectivity index (χ4n) is 1.75. The number of anilines is 1. The van der Waals surface area contributed by atoms with E-state index in [1.807, 2.05) is 45.3 Å². The molecule has 0 unspecified atom stereocenters. The molecule has 3 nitrogen and oxygen atoms in total. The summed E-state index contributed by atoms with van der Waals surface area (Å²) in [5.41, 5.74) is 2.57. The highest BCUT2D eigenvalue weighted by atomic mass is 16.1. The summed E-state index contributed by atoms with van der Waals surface area (Å²) in [6, 6.07) is 7.89. The number of H-pyrrole nitrogens is 1. The summed E-state index contributed by atoms with van der Waals surface area (Å²) in [6.45, 7) is 4.78. The van der Waals surface area contributed by atoms with Crippen LogP contribution in [0.4, 0.5) is 5.69 Å². The van der Waals surface area contributed by atoms with E-state index in [2.05, 4.69) is 10.3 Å². The van der Waals surface area contributed by atoms with Gasteiger partial charge in [0, 0.05) is 12.2 Å². The van der Waals surface area contributed by atoms with E-state index in [0.717, 1.165) is 23.1 Å². The number of benzene rings is 1. The van der Waals surface area contributed by atoms with Gasteiger partial charge in [-0.05, 0) is 29.9 Å². The van der Waals surface area contributed by atoms with Crippen molar-refractivity contribution in [3.63, 3.8) is 0 Å². The number of rotatable bonds is 3. The summed E-state index contributed by atoms with van der Waals surface area (Å²) in [4.78, 5) is 14.5. The van der Waals surface area contributed by atoms with Crippen LogP contribution in [0, 0.1) is 0 Å². The predicted molar refractivity (Wildman–Crippen MR) is 70.0 cm³/mol. The first-order valence-corrected chi connectivity index (χ1v) is 5.45. The molecule has 0 saturated carbocycles. The van der Waals surface area contributed by atoms with Crippen LogP contribution in [0.3, 0.4) is 0 Å². The summed E-state index contributed by atoms with van der Waals surface area (Å²) in [5.74, 6) is 0. The molecular weight excluding hydrogens is 199 g/mol. The van der Waals surface area contributed by atoms with E-state index in [0.29, 0.717) is 5.46 Å². The second-order valence-electron chi connectivity index (χ2n) is 3.67. The number of aromatic amines is 1. The molecule has 0 aliphatic heterocycles. The van der Waals surface area contributed by atoms with Gasteiger partial charge in [0.2, 0.25) is 5.56 Å². The van der Waals surface area contributed by atoms with Crippen LogP contribution in [0.5, 0.6) is 0 Å². The Balaban J connectivity index is 2.58. The number of aromatic nitrogens is 1. The fraction of sp³-hybridized carbons (Fsp3) is 0.250. The topological polar surface area (TPSA) is 44.9 Å². The first-order chi connectivity index (χ1) is 7.74. The molecule has 0 atom stereocenters. The average molecular weight is 213 g/mol. The zero-order chi connectivity index (χ0) is 11.5. The summed E-state index contributed by atoms with van der Waals surface area (Å²) in [6.07, 6.45) is 0. The van der Waals surface area contributed by atoms with Crippen molar-refractivity contribution in [1.29, 1.82) is 0 Å². The Labute approximate surface area is 95.1 Å². The second kappa shape index (κ2) is 4.43. The van der Waals surface area contributed by atoms with Gasteiger partial charge >= 0.3 is 0 Å². The van der Waals surface area contributed by atoms with Gasteiger partial charge in [-0.1, -0.05) is 19.0 Å². The summed E-state index contributed by atoms with van der Waals surface area (Å²) in [7, 11) is 1.82. The molecule has 0 amide bonds. The van der Waals surface area contributed by atoms with E-state index in [1.54, 1.807) is 0 Å². The van der Waals surface area contributed by atoms with Crippen molar-refractivity contribution in [2.45, 2.75) is 13.7 Å². The van der Waals surface area contributed by atoms with Crippen molar-refractivity contribution in [3.05, 3.63) is 34.6 Å². The second-order valence-corrected chi connectivity index (χ2v) is 3.67. The maximum atomic E-state index is 11.6. The lowest BCUT2D eigenvalue weighted by atomic mass is 9.74. The highest BCUT2D eigenvalue weighted by Crippen LogP contribution is 2.14. The Morgan fingerprint density at radius 1 is 1.38 bits per heavy atom. The smallest absolute Gasteiger partial charge is 0.242 e. The van der Waals surface area contributed by atoms with Crippen LogP contribution in [0.15, 0.2) is 29.1 Å². The zero-order valence-corrected chi connectivity index (χ0v) is 9.50. The maximum absolute atomic E-state index is 11.6. The molecule has 1 aromatic heterocycles. The Morgan fingerprint density at radius 3 is 2.88 bits per heavy atom. The third kappa shape index (κ3) is 1.96. The molecule has 1 radical (unpaired) electrons. The average Bonchev–Trinajstić information content (AvgIpc) is 2.28. The normalized spacial score (nSPS) is 10.4. The zero-order valence-electron chi connectivity index (χ0n) is 9.50. The van der Waals surface area contributed by atoms with E-state index in [-0.39, 0.29) is 5.56 Å². The summed E-state index contributed by atoms with van der Waals surface area (Å²) >= 11 is 0. The van der Waals surface area contributed by atoms with Crippen molar-refractivity contribution < 1.29 is 0 Å². The molecule has 0 spiro atoms. The number of nitrogens with one attached hydrogen (secondary N) is 2. The third-order valence-corrected chi connectivity index (χ3v) is 2.57. The van der Waals surface area contributed by atoms with E-state index in [4.69, 9.17) is 0 Å². The largest absolute Gasteiger partial charge is 0.385 e. The molecule has 81 valence electrons. The fourth-order valence-corrected chi connectivity index (χ4v) is 1.75. The molecule has 1 aromatic carbocycles. The molecule has 16 heavy (non-hydrogen) atoms. The molecular formula is C12H14BN2O. The van der Waals surface area contributed by atoms with Crippen LogP contribution in [-0.2, 0) is 0 Å². The summed E-state index contributed by atoms with van der Waals surface area (Å²) < 4.78 is 0. The van der Waals surface area contributed by atoms with Crippen LogP contribution in [0.2, 0.25) is 6.82 Å². The van der Waals surface area contributed by atoms with Crippen molar-refractivity contribution in [1.82, 2.24) is 4.98 Å². The van der Waals surface area contributed by atoms with Gasteiger partial charge < -0.3 is 10.3 Å². The van der Waals surface area contributed by atoms with Gasteiger partial charge in [-0.15, -0.1) is 0 Å². The molecule has 0 saturated heterocycles. The predicted octanol–water partition coefficient (Wildman–Crippen LogP) is 1.34. The van der Waals surface area contributed by atoms with Gasteiger partial charge in [0.1, 0.15) is 0 Å². The van der Waals surface area contributed by atoms with Crippen LogP contribution in [0.25, 0.3) is 10.9 Å². The standard InChI is InChI=1S/C12H14BN2O/c1-3-14-9-5-4-8-6-10(13-2)12(16)15-11(8)7-9/h4-7,14H,3H2,1-2H3,(H,15,16). The van der Waals surface area contributed by atoms with E-state index < -0.39 is 0 Å².